The quantitative estimate of drug-likeness (QED) is 0.821. The van der Waals surface area contributed by atoms with Crippen LogP contribution < -0.4 is 5.56 Å². The minimum Gasteiger partial charge on any atom is -0.368 e. The van der Waals surface area contributed by atoms with Crippen molar-refractivity contribution >= 4 is 5.91 Å². The molecule has 1 amide bonds. The molecule has 27 heavy (non-hydrogen) atoms. The van der Waals surface area contributed by atoms with E-state index in [0.29, 0.717) is 24.8 Å². The van der Waals surface area contributed by atoms with Gasteiger partial charge in [-0.15, -0.1) is 0 Å². The highest BCUT2D eigenvalue weighted by molar-refractivity contribution is 5.81. The fourth-order valence-electron chi connectivity index (χ4n) is 3.83. The lowest BCUT2D eigenvalue weighted by Gasteiger charge is -2.33. The molecule has 0 radical (unpaired) electrons. The average Bonchev–Trinajstić information content (AvgIpc) is 3.25. The lowest BCUT2D eigenvalue weighted by atomic mass is 9.96. The number of pyridine rings is 1. The van der Waals surface area contributed by atoms with Gasteiger partial charge in [-0.05, 0) is 43.7 Å². The summed E-state index contributed by atoms with van der Waals surface area (Å²) in [6, 6.07) is 5.26. The molecule has 2 aliphatic heterocycles. The van der Waals surface area contributed by atoms with Gasteiger partial charge in [0.15, 0.2) is 0 Å². The zero-order chi connectivity index (χ0) is 18.6. The van der Waals surface area contributed by atoms with Crippen molar-refractivity contribution in [1.82, 2.24) is 19.4 Å². The minimum absolute atomic E-state index is 0.0466. The molecule has 7 heteroatoms. The van der Waals surface area contributed by atoms with Gasteiger partial charge in [0.2, 0.25) is 0 Å². The summed E-state index contributed by atoms with van der Waals surface area (Å²) in [5, 5.41) is 0. The summed E-state index contributed by atoms with van der Waals surface area (Å²) in [6.45, 7) is 2.81. The number of nitrogens with zero attached hydrogens (tertiary/aromatic N) is 4. The van der Waals surface area contributed by atoms with Gasteiger partial charge in [-0.25, -0.2) is 4.98 Å². The topological polar surface area (TPSA) is 77.3 Å². The number of ether oxygens (including phenoxy) is 1. The Morgan fingerprint density at radius 1 is 1.19 bits per heavy atom. The summed E-state index contributed by atoms with van der Waals surface area (Å²) in [5.41, 5.74) is 1.50. The maximum atomic E-state index is 12.5. The molecule has 1 atom stereocenters. The zero-order valence-corrected chi connectivity index (χ0v) is 15.3. The molecule has 4 rings (SSSR count). The highest BCUT2D eigenvalue weighted by Gasteiger charge is 2.30. The molecule has 0 aromatic carbocycles. The predicted molar refractivity (Wildman–Crippen MR) is 100 cm³/mol. The van der Waals surface area contributed by atoms with Crippen LogP contribution in [0.25, 0.3) is 11.3 Å². The number of carbonyl (C=O) groups is 1. The number of piperidine rings is 1. The fourth-order valence-corrected chi connectivity index (χ4v) is 3.83. The van der Waals surface area contributed by atoms with E-state index in [1.807, 2.05) is 17.0 Å². The normalized spacial score (nSPS) is 20.7. The number of carbonyl (C=O) groups excluding carboxylic acids is 1. The van der Waals surface area contributed by atoms with Crippen LogP contribution in [0.4, 0.5) is 0 Å². The zero-order valence-electron chi connectivity index (χ0n) is 15.3. The molecule has 142 valence electrons. The summed E-state index contributed by atoms with van der Waals surface area (Å²) in [6.07, 6.45) is 8.37. The van der Waals surface area contributed by atoms with E-state index in [9.17, 15) is 9.59 Å². The van der Waals surface area contributed by atoms with E-state index in [-0.39, 0.29) is 17.6 Å². The van der Waals surface area contributed by atoms with Gasteiger partial charge in [0, 0.05) is 50.3 Å². The molecule has 0 aliphatic carbocycles. The van der Waals surface area contributed by atoms with Crippen LogP contribution in [0.3, 0.4) is 0 Å². The van der Waals surface area contributed by atoms with Crippen LogP contribution in [0.1, 0.15) is 25.7 Å². The van der Waals surface area contributed by atoms with Crippen molar-refractivity contribution in [2.24, 2.45) is 5.92 Å². The van der Waals surface area contributed by atoms with Crippen LogP contribution >= 0.6 is 0 Å². The van der Waals surface area contributed by atoms with Crippen LogP contribution in [-0.4, -0.2) is 51.1 Å². The lowest BCUT2D eigenvalue weighted by Crippen LogP contribution is -2.44. The van der Waals surface area contributed by atoms with Crippen molar-refractivity contribution < 1.29 is 9.53 Å². The molecule has 2 aliphatic rings. The number of aromatic nitrogens is 3. The van der Waals surface area contributed by atoms with E-state index in [4.69, 9.17) is 4.74 Å². The van der Waals surface area contributed by atoms with Gasteiger partial charge in [-0.2, -0.15) is 0 Å². The standard InChI is InChI=1S/C20H24N4O3/c25-19-12-17(16-3-7-21-8-4-16)22-14-24(19)13-15-5-9-23(10-6-15)20(26)18-2-1-11-27-18/h3-4,7-8,12,14-15,18H,1-2,5-6,9-11,13H2. The molecule has 2 fully saturated rings. The molecule has 2 aromatic rings. The van der Waals surface area contributed by atoms with Crippen LogP contribution in [0.5, 0.6) is 0 Å². The van der Waals surface area contributed by atoms with Crippen molar-refractivity contribution in [2.75, 3.05) is 19.7 Å². The van der Waals surface area contributed by atoms with Crippen LogP contribution in [0.2, 0.25) is 0 Å². The molecule has 0 N–H and O–H groups in total. The Morgan fingerprint density at radius 2 is 1.96 bits per heavy atom. The Labute approximate surface area is 158 Å². The number of likely N-dealkylation sites (tertiary alicyclic amines) is 1. The van der Waals surface area contributed by atoms with Gasteiger partial charge in [0.05, 0.1) is 12.0 Å². The molecule has 2 aromatic heterocycles. The third-order valence-electron chi connectivity index (χ3n) is 5.44. The lowest BCUT2D eigenvalue weighted by molar-refractivity contribution is -0.142. The largest absolute Gasteiger partial charge is 0.368 e. The van der Waals surface area contributed by atoms with E-state index in [1.165, 1.54) is 0 Å². The Morgan fingerprint density at radius 3 is 2.63 bits per heavy atom. The first kappa shape index (κ1) is 17.9. The predicted octanol–water partition coefficient (Wildman–Crippen LogP) is 1.72. The highest BCUT2D eigenvalue weighted by atomic mass is 16.5. The SMILES string of the molecule is O=C(C1CCCO1)N1CCC(Cn2cnc(-c3ccncc3)cc2=O)CC1. The number of hydrogen-bond donors (Lipinski definition) is 0. The maximum Gasteiger partial charge on any atom is 0.253 e. The minimum atomic E-state index is -0.242. The van der Waals surface area contributed by atoms with E-state index < -0.39 is 0 Å². The summed E-state index contributed by atoms with van der Waals surface area (Å²) in [4.78, 5) is 35.2. The second kappa shape index (κ2) is 8.00. The van der Waals surface area contributed by atoms with Crippen LogP contribution in [-0.2, 0) is 16.1 Å². The number of amides is 1. The first-order valence-corrected chi connectivity index (χ1v) is 9.58. The summed E-state index contributed by atoms with van der Waals surface area (Å²) >= 11 is 0. The van der Waals surface area contributed by atoms with E-state index in [1.54, 1.807) is 29.4 Å². The Hall–Kier alpha value is -2.54. The van der Waals surface area contributed by atoms with E-state index in [2.05, 4.69) is 9.97 Å². The maximum absolute atomic E-state index is 12.5. The second-order valence-electron chi connectivity index (χ2n) is 7.27. The first-order valence-electron chi connectivity index (χ1n) is 9.58. The monoisotopic (exact) mass is 368 g/mol. The molecule has 2 saturated heterocycles. The smallest absolute Gasteiger partial charge is 0.253 e. The van der Waals surface area contributed by atoms with Gasteiger partial charge >= 0.3 is 0 Å². The third kappa shape index (κ3) is 4.08. The molecular weight excluding hydrogens is 344 g/mol. The Kier molecular flexibility index (Phi) is 5.29. The van der Waals surface area contributed by atoms with Crippen LogP contribution in [0, 0.1) is 5.92 Å². The molecular formula is C20H24N4O3. The van der Waals surface area contributed by atoms with Gasteiger partial charge in [0.1, 0.15) is 6.10 Å². The Bertz CT molecular complexity index is 838. The van der Waals surface area contributed by atoms with Gasteiger partial charge in [-0.1, -0.05) is 0 Å². The van der Waals surface area contributed by atoms with Crippen molar-refractivity contribution in [3.05, 3.63) is 47.3 Å². The molecule has 4 heterocycles. The van der Waals surface area contributed by atoms with Gasteiger partial charge in [-0.3, -0.25) is 19.1 Å². The molecule has 0 bridgehead atoms. The summed E-state index contributed by atoms with van der Waals surface area (Å²) in [5.74, 6) is 0.510. The third-order valence-corrected chi connectivity index (χ3v) is 5.44. The van der Waals surface area contributed by atoms with E-state index >= 15 is 0 Å². The summed E-state index contributed by atoms with van der Waals surface area (Å²) < 4.78 is 7.18. The Balaban J connectivity index is 1.35. The molecule has 0 spiro atoms. The number of hydrogen-bond acceptors (Lipinski definition) is 5. The molecule has 7 nitrogen and oxygen atoms in total. The first-order chi connectivity index (χ1) is 13.2. The highest BCUT2D eigenvalue weighted by Crippen LogP contribution is 2.22. The second-order valence-corrected chi connectivity index (χ2v) is 7.27. The molecule has 0 saturated carbocycles. The van der Waals surface area contributed by atoms with E-state index in [0.717, 1.165) is 44.3 Å². The van der Waals surface area contributed by atoms with Crippen molar-refractivity contribution in [3.8, 4) is 11.3 Å². The fraction of sp³-hybridized carbons (Fsp3) is 0.500. The van der Waals surface area contributed by atoms with Crippen molar-refractivity contribution in [1.29, 1.82) is 0 Å². The van der Waals surface area contributed by atoms with Gasteiger partial charge in [0.25, 0.3) is 11.5 Å². The molecule has 1 unspecified atom stereocenters. The van der Waals surface area contributed by atoms with Gasteiger partial charge < -0.3 is 9.64 Å². The summed E-state index contributed by atoms with van der Waals surface area (Å²) in [7, 11) is 0. The van der Waals surface area contributed by atoms with Crippen LogP contribution in [0.15, 0.2) is 41.7 Å². The average molecular weight is 368 g/mol. The van der Waals surface area contributed by atoms with Crippen molar-refractivity contribution in [3.63, 3.8) is 0 Å². The number of rotatable bonds is 4. The van der Waals surface area contributed by atoms with Crippen molar-refractivity contribution in [2.45, 2.75) is 38.3 Å².